The summed E-state index contributed by atoms with van der Waals surface area (Å²) < 4.78 is 12.4. The van der Waals surface area contributed by atoms with E-state index in [1.165, 1.54) is 0 Å². The van der Waals surface area contributed by atoms with E-state index in [0.717, 1.165) is 21.5 Å². The third kappa shape index (κ3) is 2.91. The minimum Gasteiger partial charge on any atom is -0.489 e. The van der Waals surface area contributed by atoms with Gasteiger partial charge in [0.15, 0.2) is 11.5 Å². The van der Waals surface area contributed by atoms with Gasteiger partial charge in [-0.05, 0) is 17.7 Å². The van der Waals surface area contributed by atoms with Gasteiger partial charge in [-0.3, -0.25) is 0 Å². The highest BCUT2D eigenvalue weighted by Gasteiger charge is 2.25. The van der Waals surface area contributed by atoms with Crippen molar-refractivity contribution in [2.45, 2.75) is 20.4 Å². The zero-order valence-electron chi connectivity index (χ0n) is 9.92. The molecule has 1 heterocycles. The minimum absolute atomic E-state index is 0.000881. The van der Waals surface area contributed by atoms with Crippen LogP contribution in [0.25, 0.3) is 0 Å². The van der Waals surface area contributed by atoms with Gasteiger partial charge >= 0.3 is 0 Å². The fourth-order valence-electron chi connectivity index (χ4n) is 1.61. The molecule has 1 aromatic rings. The number of nitrogens with one attached hydrogen (secondary N) is 1. The normalized spacial score (nSPS) is 17.6. The Kier molecular flexibility index (Phi) is 3.61. The summed E-state index contributed by atoms with van der Waals surface area (Å²) in [6.07, 6.45) is 0. The van der Waals surface area contributed by atoms with Crippen LogP contribution in [0, 0.1) is 5.41 Å². The van der Waals surface area contributed by atoms with Gasteiger partial charge in [0.25, 0.3) is 0 Å². The molecule has 5 heteroatoms. The van der Waals surface area contributed by atoms with E-state index < -0.39 is 0 Å². The zero-order valence-corrected chi connectivity index (χ0v) is 11.5. The molecule has 0 saturated heterocycles. The summed E-state index contributed by atoms with van der Waals surface area (Å²) in [6.45, 7) is 5.81. The maximum absolute atomic E-state index is 8.74. The number of halogens is 1. The third-order valence-electron chi connectivity index (χ3n) is 2.62. The molecule has 0 spiro atoms. The van der Waals surface area contributed by atoms with Gasteiger partial charge in [-0.15, -0.1) is 0 Å². The molecule has 17 heavy (non-hydrogen) atoms. The van der Waals surface area contributed by atoms with E-state index in [9.17, 15) is 0 Å². The highest BCUT2D eigenvalue weighted by Crippen LogP contribution is 2.37. The molecule has 94 valence electrons. The largest absolute Gasteiger partial charge is 0.489 e. The smallest absolute Gasteiger partial charge is 0.162 e. The topological polar surface area (TPSA) is 50.7 Å². The number of fused-ring (bicyclic) bond motifs is 1. The summed E-state index contributed by atoms with van der Waals surface area (Å²) in [5, 5.41) is 8.74. The summed E-state index contributed by atoms with van der Waals surface area (Å²) in [6, 6.07) is 3.76. The summed E-state index contributed by atoms with van der Waals surface area (Å²) in [7, 11) is 0. The lowest BCUT2D eigenvalue weighted by Crippen LogP contribution is -2.26. The van der Waals surface area contributed by atoms with E-state index in [2.05, 4.69) is 35.3 Å². The Morgan fingerprint density at radius 2 is 1.88 bits per heavy atom. The second kappa shape index (κ2) is 4.84. The predicted octanol–water partition coefficient (Wildman–Crippen LogP) is 2.73. The lowest BCUT2D eigenvalue weighted by molar-refractivity contribution is 0.140. The molecule has 2 N–H and O–H groups in total. The zero-order chi connectivity index (χ0) is 12.5. The Morgan fingerprint density at radius 1 is 1.29 bits per heavy atom. The fourth-order valence-corrected chi connectivity index (χ4v) is 2.07. The van der Waals surface area contributed by atoms with Crippen molar-refractivity contribution in [1.29, 1.82) is 0 Å². The number of rotatable bonds is 2. The first-order valence-corrected chi connectivity index (χ1v) is 6.26. The molecule has 0 aromatic heterocycles. The molecule has 0 bridgehead atoms. The first-order chi connectivity index (χ1) is 8.02. The number of hydroxylamine groups is 1. The Labute approximate surface area is 109 Å². The molecule has 0 amide bonds. The van der Waals surface area contributed by atoms with E-state index in [0.29, 0.717) is 19.8 Å². The first kappa shape index (κ1) is 12.7. The molecular formula is C12H16BrNO3. The van der Waals surface area contributed by atoms with Crippen LogP contribution in [-0.4, -0.2) is 18.4 Å². The maximum Gasteiger partial charge on any atom is 0.162 e. The molecule has 0 unspecified atom stereocenters. The van der Waals surface area contributed by atoms with Crippen molar-refractivity contribution in [3.05, 3.63) is 22.2 Å². The highest BCUT2D eigenvalue weighted by atomic mass is 79.9. The van der Waals surface area contributed by atoms with Gasteiger partial charge in [0.1, 0.15) is 0 Å². The third-order valence-corrected chi connectivity index (χ3v) is 3.36. The second-order valence-electron chi connectivity index (χ2n) is 4.97. The lowest BCUT2D eigenvalue weighted by atomic mass is 9.97. The summed E-state index contributed by atoms with van der Waals surface area (Å²) in [4.78, 5) is 0. The van der Waals surface area contributed by atoms with Crippen LogP contribution in [0.3, 0.4) is 0 Å². The van der Waals surface area contributed by atoms with Crippen molar-refractivity contribution in [3.63, 3.8) is 0 Å². The Morgan fingerprint density at radius 3 is 2.47 bits per heavy atom. The SMILES string of the molecule is CC1(C)COc2cc(Br)c(CNO)cc2OC1. The van der Waals surface area contributed by atoms with E-state index in [4.69, 9.17) is 14.7 Å². The van der Waals surface area contributed by atoms with Crippen LogP contribution in [0.15, 0.2) is 16.6 Å². The average molecular weight is 302 g/mol. The molecule has 1 aliphatic rings. The lowest BCUT2D eigenvalue weighted by Gasteiger charge is -2.19. The minimum atomic E-state index is 0.000881. The number of ether oxygens (including phenoxy) is 2. The Bertz CT molecular complexity index is 420. The molecule has 4 nitrogen and oxygen atoms in total. The number of hydrogen-bond acceptors (Lipinski definition) is 4. The first-order valence-electron chi connectivity index (χ1n) is 5.47. The average Bonchev–Trinajstić information content (AvgIpc) is 2.40. The molecule has 2 rings (SSSR count). The maximum atomic E-state index is 8.74. The van der Waals surface area contributed by atoms with Crippen LogP contribution >= 0.6 is 15.9 Å². The van der Waals surface area contributed by atoms with Crippen LogP contribution in [0.2, 0.25) is 0 Å². The van der Waals surface area contributed by atoms with Gasteiger partial charge in [0, 0.05) is 16.4 Å². The van der Waals surface area contributed by atoms with Crippen molar-refractivity contribution >= 4 is 15.9 Å². The van der Waals surface area contributed by atoms with Crippen molar-refractivity contribution in [2.75, 3.05) is 13.2 Å². The molecular weight excluding hydrogens is 286 g/mol. The number of hydrogen-bond donors (Lipinski definition) is 2. The molecule has 1 aromatic carbocycles. The van der Waals surface area contributed by atoms with Gasteiger partial charge in [-0.25, -0.2) is 5.48 Å². The molecule has 0 radical (unpaired) electrons. The monoisotopic (exact) mass is 301 g/mol. The standard InChI is InChI=1S/C12H16BrNO3/c1-12(2)6-16-10-3-8(5-14-15)9(13)4-11(10)17-7-12/h3-4,14-15H,5-7H2,1-2H3. The van der Waals surface area contributed by atoms with E-state index in [-0.39, 0.29) is 5.41 Å². The van der Waals surface area contributed by atoms with Crippen LogP contribution in [0.1, 0.15) is 19.4 Å². The van der Waals surface area contributed by atoms with Gasteiger partial charge in [-0.2, -0.15) is 0 Å². The highest BCUT2D eigenvalue weighted by molar-refractivity contribution is 9.10. The molecule has 0 atom stereocenters. The van der Waals surface area contributed by atoms with Gasteiger partial charge in [-0.1, -0.05) is 29.8 Å². The quantitative estimate of drug-likeness (QED) is 0.825. The van der Waals surface area contributed by atoms with Gasteiger partial charge in [0.05, 0.1) is 13.2 Å². The fraction of sp³-hybridized carbons (Fsp3) is 0.500. The number of benzene rings is 1. The Balaban J connectivity index is 2.31. The predicted molar refractivity (Wildman–Crippen MR) is 67.5 cm³/mol. The summed E-state index contributed by atoms with van der Waals surface area (Å²) in [5.41, 5.74) is 3.06. The van der Waals surface area contributed by atoms with Gasteiger partial charge in [0.2, 0.25) is 0 Å². The van der Waals surface area contributed by atoms with Gasteiger partial charge < -0.3 is 14.7 Å². The van der Waals surface area contributed by atoms with Crippen LogP contribution in [0.5, 0.6) is 11.5 Å². The molecule has 0 fully saturated rings. The van der Waals surface area contributed by atoms with Crippen molar-refractivity contribution in [2.24, 2.45) is 5.41 Å². The summed E-state index contributed by atoms with van der Waals surface area (Å²) >= 11 is 3.44. The second-order valence-corrected chi connectivity index (χ2v) is 5.82. The van der Waals surface area contributed by atoms with Crippen molar-refractivity contribution in [3.8, 4) is 11.5 Å². The van der Waals surface area contributed by atoms with Crippen molar-refractivity contribution < 1.29 is 14.7 Å². The summed E-state index contributed by atoms with van der Waals surface area (Å²) in [5.74, 6) is 1.47. The van der Waals surface area contributed by atoms with Crippen LogP contribution < -0.4 is 15.0 Å². The van der Waals surface area contributed by atoms with Crippen LogP contribution in [-0.2, 0) is 6.54 Å². The van der Waals surface area contributed by atoms with Crippen molar-refractivity contribution in [1.82, 2.24) is 5.48 Å². The van der Waals surface area contributed by atoms with E-state index in [1.54, 1.807) is 0 Å². The van der Waals surface area contributed by atoms with E-state index in [1.807, 2.05) is 12.1 Å². The van der Waals surface area contributed by atoms with E-state index >= 15 is 0 Å². The Hall–Kier alpha value is -0.780. The molecule has 0 aliphatic carbocycles. The molecule has 1 aliphatic heterocycles. The molecule has 0 saturated carbocycles. The van der Waals surface area contributed by atoms with Crippen LogP contribution in [0.4, 0.5) is 0 Å².